The van der Waals surface area contributed by atoms with E-state index in [4.69, 9.17) is 0 Å². The average molecular weight is 237 g/mol. The Morgan fingerprint density at radius 2 is 2.18 bits per heavy atom. The molecule has 0 aliphatic carbocycles. The molecule has 1 heterocycles. The van der Waals surface area contributed by atoms with Crippen LogP contribution in [0, 0.1) is 0 Å². The van der Waals surface area contributed by atoms with Crippen molar-refractivity contribution in [3.63, 3.8) is 0 Å². The van der Waals surface area contributed by atoms with Gasteiger partial charge in [0.15, 0.2) is 5.69 Å². The summed E-state index contributed by atoms with van der Waals surface area (Å²) in [7, 11) is 1.34. The number of methoxy groups -OCH3 is 1. The minimum absolute atomic E-state index is 0.242. The number of carbonyl (C=O) groups is 1. The molecule has 0 aromatic carbocycles. The van der Waals surface area contributed by atoms with E-state index in [9.17, 15) is 4.79 Å². The highest BCUT2D eigenvalue weighted by molar-refractivity contribution is 5.87. The Balaban J connectivity index is 3.00. The predicted octanol–water partition coefficient (Wildman–Crippen LogP) is 1.89. The maximum absolute atomic E-state index is 11.4. The zero-order chi connectivity index (χ0) is 12.8. The van der Waals surface area contributed by atoms with Crippen LogP contribution in [0.25, 0.3) is 0 Å². The number of hydrogen-bond donors (Lipinski definition) is 0. The molecule has 0 aliphatic heterocycles. The van der Waals surface area contributed by atoms with Crippen molar-refractivity contribution >= 4 is 11.8 Å². The molecule has 1 atom stereocenters. The molecule has 0 fully saturated rings. The summed E-state index contributed by atoms with van der Waals surface area (Å²) in [5.41, 5.74) is 0.242. The van der Waals surface area contributed by atoms with Crippen molar-refractivity contribution in [3.8, 4) is 0 Å². The van der Waals surface area contributed by atoms with Crippen LogP contribution < -0.4 is 4.90 Å². The number of nitrogens with zero attached hydrogens (tertiary/aromatic N) is 3. The van der Waals surface area contributed by atoms with Crippen molar-refractivity contribution in [2.45, 2.75) is 33.2 Å². The topological polar surface area (TPSA) is 55.3 Å². The smallest absolute Gasteiger partial charge is 0.358 e. The molecule has 0 amide bonds. The van der Waals surface area contributed by atoms with Gasteiger partial charge in [-0.05, 0) is 20.3 Å². The summed E-state index contributed by atoms with van der Waals surface area (Å²) >= 11 is 0. The van der Waals surface area contributed by atoms with Gasteiger partial charge in [-0.15, -0.1) is 0 Å². The Labute approximate surface area is 102 Å². The SMILES string of the molecule is CCC(C)N(CC)c1cncc(C(=O)OC)n1. The molecule has 17 heavy (non-hydrogen) atoms. The summed E-state index contributed by atoms with van der Waals surface area (Å²) in [5, 5.41) is 0. The van der Waals surface area contributed by atoms with Gasteiger partial charge in [0.1, 0.15) is 5.82 Å². The Hall–Kier alpha value is -1.65. The molecule has 1 aromatic heterocycles. The molecule has 0 spiro atoms. The number of aromatic nitrogens is 2. The monoisotopic (exact) mass is 237 g/mol. The number of hydrogen-bond acceptors (Lipinski definition) is 5. The first kappa shape index (κ1) is 13.4. The van der Waals surface area contributed by atoms with Crippen molar-refractivity contribution in [1.82, 2.24) is 9.97 Å². The highest BCUT2D eigenvalue weighted by Crippen LogP contribution is 2.15. The first-order valence-electron chi connectivity index (χ1n) is 5.81. The Bertz CT molecular complexity index is 382. The molecule has 0 aliphatic rings. The van der Waals surface area contributed by atoms with Gasteiger partial charge in [-0.1, -0.05) is 6.92 Å². The van der Waals surface area contributed by atoms with Gasteiger partial charge in [0, 0.05) is 12.6 Å². The quantitative estimate of drug-likeness (QED) is 0.732. The van der Waals surface area contributed by atoms with Crippen LogP contribution in [-0.2, 0) is 4.74 Å². The fourth-order valence-corrected chi connectivity index (χ4v) is 1.62. The highest BCUT2D eigenvalue weighted by atomic mass is 16.5. The molecule has 0 N–H and O–H groups in total. The lowest BCUT2D eigenvalue weighted by Gasteiger charge is -2.28. The second-order valence-corrected chi connectivity index (χ2v) is 3.80. The summed E-state index contributed by atoms with van der Waals surface area (Å²) in [4.78, 5) is 21.8. The summed E-state index contributed by atoms with van der Waals surface area (Å²) in [5.74, 6) is 0.254. The van der Waals surface area contributed by atoms with Gasteiger partial charge in [-0.2, -0.15) is 0 Å². The third-order valence-electron chi connectivity index (χ3n) is 2.77. The van der Waals surface area contributed by atoms with Crippen LogP contribution in [0.3, 0.4) is 0 Å². The minimum Gasteiger partial charge on any atom is -0.464 e. The van der Waals surface area contributed by atoms with Crippen molar-refractivity contribution < 1.29 is 9.53 Å². The van der Waals surface area contributed by atoms with Gasteiger partial charge < -0.3 is 9.64 Å². The van der Waals surface area contributed by atoms with E-state index in [2.05, 4.69) is 40.4 Å². The van der Waals surface area contributed by atoms with Gasteiger partial charge in [0.05, 0.1) is 19.5 Å². The molecule has 0 bridgehead atoms. The second kappa shape index (κ2) is 6.18. The third kappa shape index (κ3) is 3.15. The summed E-state index contributed by atoms with van der Waals surface area (Å²) in [6, 6.07) is 0.363. The van der Waals surface area contributed by atoms with E-state index in [0.29, 0.717) is 11.9 Å². The molecular formula is C12H19N3O2. The zero-order valence-electron chi connectivity index (χ0n) is 10.8. The van der Waals surface area contributed by atoms with Crippen molar-refractivity contribution in [2.24, 2.45) is 0 Å². The lowest BCUT2D eigenvalue weighted by atomic mass is 10.2. The van der Waals surface area contributed by atoms with Gasteiger partial charge in [-0.3, -0.25) is 4.98 Å². The number of esters is 1. The molecular weight excluding hydrogens is 218 g/mol. The van der Waals surface area contributed by atoms with Crippen LogP contribution in [-0.4, -0.2) is 35.6 Å². The molecule has 0 saturated carbocycles. The second-order valence-electron chi connectivity index (χ2n) is 3.80. The number of carbonyl (C=O) groups excluding carboxylic acids is 1. The van der Waals surface area contributed by atoms with Gasteiger partial charge in [-0.25, -0.2) is 9.78 Å². The summed E-state index contributed by atoms with van der Waals surface area (Å²) in [6.45, 7) is 7.12. The van der Waals surface area contributed by atoms with Crippen LogP contribution >= 0.6 is 0 Å². The van der Waals surface area contributed by atoms with E-state index < -0.39 is 5.97 Å². The zero-order valence-corrected chi connectivity index (χ0v) is 10.8. The number of anilines is 1. The average Bonchev–Trinajstić information content (AvgIpc) is 2.38. The molecule has 1 rings (SSSR count). The van der Waals surface area contributed by atoms with E-state index in [0.717, 1.165) is 13.0 Å². The van der Waals surface area contributed by atoms with E-state index in [1.165, 1.54) is 13.3 Å². The first-order valence-corrected chi connectivity index (χ1v) is 5.81. The van der Waals surface area contributed by atoms with Crippen molar-refractivity contribution in [1.29, 1.82) is 0 Å². The van der Waals surface area contributed by atoms with E-state index >= 15 is 0 Å². The van der Waals surface area contributed by atoms with Gasteiger partial charge in [0.2, 0.25) is 0 Å². The minimum atomic E-state index is -0.459. The van der Waals surface area contributed by atoms with Gasteiger partial charge >= 0.3 is 5.97 Å². The van der Waals surface area contributed by atoms with Crippen LogP contribution in [0.15, 0.2) is 12.4 Å². The Morgan fingerprint density at radius 1 is 1.47 bits per heavy atom. The number of ether oxygens (including phenoxy) is 1. The molecule has 1 aromatic rings. The fraction of sp³-hybridized carbons (Fsp3) is 0.583. The standard InChI is InChI=1S/C12H19N3O2/c1-5-9(3)15(6-2)11-8-13-7-10(14-11)12(16)17-4/h7-9H,5-6H2,1-4H3. The Kier molecular flexibility index (Phi) is 4.87. The predicted molar refractivity (Wildman–Crippen MR) is 66.1 cm³/mol. The first-order chi connectivity index (χ1) is 8.13. The molecule has 0 radical (unpaired) electrons. The molecule has 5 heteroatoms. The summed E-state index contributed by atoms with van der Waals surface area (Å²) in [6.07, 6.45) is 4.10. The maximum atomic E-state index is 11.4. The maximum Gasteiger partial charge on any atom is 0.358 e. The van der Waals surface area contributed by atoms with E-state index in [1.54, 1.807) is 6.20 Å². The van der Waals surface area contributed by atoms with E-state index in [-0.39, 0.29) is 5.69 Å². The molecule has 5 nitrogen and oxygen atoms in total. The largest absolute Gasteiger partial charge is 0.464 e. The van der Waals surface area contributed by atoms with E-state index in [1.807, 2.05) is 0 Å². The van der Waals surface area contributed by atoms with Crippen LogP contribution in [0.4, 0.5) is 5.82 Å². The number of rotatable bonds is 5. The normalized spacial score (nSPS) is 12.0. The third-order valence-corrected chi connectivity index (χ3v) is 2.77. The fourth-order valence-electron chi connectivity index (χ4n) is 1.62. The van der Waals surface area contributed by atoms with Crippen LogP contribution in [0.2, 0.25) is 0 Å². The highest BCUT2D eigenvalue weighted by Gasteiger charge is 2.15. The van der Waals surface area contributed by atoms with Crippen LogP contribution in [0.1, 0.15) is 37.7 Å². The molecule has 94 valence electrons. The van der Waals surface area contributed by atoms with Crippen LogP contribution in [0.5, 0.6) is 0 Å². The van der Waals surface area contributed by atoms with Crippen molar-refractivity contribution in [3.05, 3.63) is 18.1 Å². The molecule has 1 unspecified atom stereocenters. The van der Waals surface area contributed by atoms with Crippen molar-refractivity contribution in [2.75, 3.05) is 18.6 Å². The lowest BCUT2D eigenvalue weighted by Crippen LogP contribution is -2.33. The molecule has 0 saturated heterocycles. The van der Waals surface area contributed by atoms with Gasteiger partial charge in [0.25, 0.3) is 0 Å². The lowest BCUT2D eigenvalue weighted by molar-refractivity contribution is 0.0593. The summed E-state index contributed by atoms with van der Waals surface area (Å²) < 4.78 is 4.63. The Morgan fingerprint density at radius 3 is 2.71 bits per heavy atom.